The number of nitrogens with zero attached hydrogens (tertiary/aromatic N) is 1. The maximum Gasteiger partial charge on any atom is 0.243 e. The van der Waals surface area contributed by atoms with E-state index in [0.717, 1.165) is 12.0 Å². The van der Waals surface area contributed by atoms with Crippen molar-refractivity contribution in [3.63, 3.8) is 0 Å². The molecule has 0 atom stereocenters. The van der Waals surface area contributed by atoms with Crippen molar-refractivity contribution >= 4 is 29.0 Å². The maximum atomic E-state index is 11.3. The standard InChI is InChI=1S/C13H19ClN4O/c1-9(2)6-12(19)16-4-3-5-17-13-11(15)7-10(14)8-18-13/h6-8H,3-5,15H2,1-2H3,(H,16,19)(H,17,18). The van der Waals surface area contributed by atoms with Gasteiger partial charge in [-0.3, -0.25) is 4.79 Å². The zero-order valence-corrected chi connectivity index (χ0v) is 11.9. The maximum absolute atomic E-state index is 11.3. The SMILES string of the molecule is CC(C)=CC(=O)NCCCNc1ncc(Cl)cc1N. The number of rotatable bonds is 6. The van der Waals surface area contributed by atoms with E-state index in [1.807, 2.05) is 13.8 Å². The molecule has 0 aliphatic carbocycles. The molecule has 1 aromatic heterocycles. The van der Waals surface area contributed by atoms with Gasteiger partial charge in [0.05, 0.1) is 10.7 Å². The molecule has 0 spiro atoms. The van der Waals surface area contributed by atoms with Crippen LogP contribution in [-0.4, -0.2) is 24.0 Å². The Labute approximate surface area is 118 Å². The second-order valence-corrected chi connectivity index (χ2v) is 4.82. The Hall–Kier alpha value is -1.75. The van der Waals surface area contributed by atoms with E-state index in [1.54, 1.807) is 12.1 Å². The van der Waals surface area contributed by atoms with Crippen LogP contribution >= 0.6 is 11.6 Å². The highest BCUT2D eigenvalue weighted by molar-refractivity contribution is 6.30. The Kier molecular flexibility index (Phi) is 6.15. The van der Waals surface area contributed by atoms with Gasteiger partial charge in [-0.15, -0.1) is 0 Å². The monoisotopic (exact) mass is 282 g/mol. The topological polar surface area (TPSA) is 80.0 Å². The van der Waals surface area contributed by atoms with Gasteiger partial charge in [0.1, 0.15) is 5.82 Å². The third-order valence-electron chi connectivity index (χ3n) is 2.25. The summed E-state index contributed by atoms with van der Waals surface area (Å²) in [6.07, 6.45) is 3.90. The summed E-state index contributed by atoms with van der Waals surface area (Å²) in [5.41, 5.74) is 7.25. The number of amides is 1. The molecule has 0 aliphatic heterocycles. The van der Waals surface area contributed by atoms with Crippen molar-refractivity contribution in [3.05, 3.63) is 28.9 Å². The van der Waals surface area contributed by atoms with E-state index in [-0.39, 0.29) is 5.91 Å². The number of nitrogen functional groups attached to an aromatic ring is 1. The van der Waals surface area contributed by atoms with Crippen LogP contribution < -0.4 is 16.4 Å². The Morgan fingerprint density at radius 1 is 1.47 bits per heavy atom. The van der Waals surface area contributed by atoms with Crippen molar-refractivity contribution in [1.82, 2.24) is 10.3 Å². The average molecular weight is 283 g/mol. The number of nitrogens with one attached hydrogen (secondary N) is 2. The molecule has 1 aromatic rings. The number of allylic oxidation sites excluding steroid dienone is 1. The van der Waals surface area contributed by atoms with Crippen LogP contribution in [0.5, 0.6) is 0 Å². The van der Waals surface area contributed by atoms with Crippen molar-refractivity contribution < 1.29 is 4.79 Å². The first-order valence-corrected chi connectivity index (χ1v) is 6.44. The van der Waals surface area contributed by atoms with E-state index in [0.29, 0.717) is 29.6 Å². The summed E-state index contributed by atoms with van der Waals surface area (Å²) in [7, 11) is 0. The van der Waals surface area contributed by atoms with Crippen molar-refractivity contribution in [2.24, 2.45) is 0 Å². The fraction of sp³-hybridized carbons (Fsp3) is 0.385. The van der Waals surface area contributed by atoms with Crippen LogP contribution in [0, 0.1) is 0 Å². The average Bonchev–Trinajstić information content (AvgIpc) is 2.30. The number of pyridine rings is 1. The van der Waals surface area contributed by atoms with Crippen LogP contribution in [-0.2, 0) is 4.79 Å². The van der Waals surface area contributed by atoms with Gasteiger partial charge >= 0.3 is 0 Å². The van der Waals surface area contributed by atoms with Gasteiger partial charge in [0.25, 0.3) is 0 Å². The van der Waals surface area contributed by atoms with E-state index in [9.17, 15) is 4.79 Å². The van der Waals surface area contributed by atoms with Crippen LogP contribution in [0.15, 0.2) is 23.9 Å². The zero-order chi connectivity index (χ0) is 14.3. The minimum Gasteiger partial charge on any atom is -0.396 e. The third kappa shape index (κ3) is 6.10. The molecule has 0 unspecified atom stereocenters. The predicted molar refractivity (Wildman–Crippen MR) is 79.2 cm³/mol. The Bertz CT molecular complexity index is 470. The number of halogens is 1. The fourth-order valence-corrected chi connectivity index (χ4v) is 1.59. The van der Waals surface area contributed by atoms with Gasteiger partial charge in [-0.2, -0.15) is 0 Å². The molecule has 0 aliphatic rings. The minimum atomic E-state index is -0.0656. The Balaban J connectivity index is 2.24. The predicted octanol–water partition coefficient (Wildman–Crippen LogP) is 2.20. The number of anilines is 2. The fourth-order valence-electron chi connectivity index (χ4n) is 1.42. The number of aromatic nitrogens is 1. The first-order valence-electron chi connectivity index (χ1n) is 6.06. The zero-order valence-electron chi connectivity index (χ0n) is 11.2. The van der Waals surface area contributed by atoms with E-state index in [4.69, 9.17) is 17.3 Å². The van der Waals surface area contributed by atoms with Crippen LogP contribution in [0.4, 0.5) is 11.5 Å². The van der Waals surface area contributed by atoms with Gasteiger partial charge in [-0.1, -0.05) is 17.2 Å². The van der Waals surface area contributed by atoms with Gasteiger partial charge in [0.15, 0.2) is 0 Å². The molecule has 0 fully saturated rings. The van der Waals surface area contributed by atoms with Crippen molar-refractivity contribution in [2.45, 2.75) is 20.3 Å². The smallest absolute Gasteiger partial charge is 0.243 e. The molecule has 0 bridgehead atoms. The molecule has 0 aromatic carbocycles. The lowest BCUT2D eigenvalue weighted by Crippen LogP contribution is -2.24. The van der Waals surface area contributed by atoms with Gasteiger partial charge < -0.3 is 16.4 Å². The first-order chi connectivity index (χ1) is 8.99. The summed E-state index contributed by atoms with van der Waals surface area (Å²) in [5.74, 6) is 0.546. The van der Waals surface area contributed by atoms with Gasteiger partial charge in [-0.25, -0.2) is 4.98 Å². The highest BCUT2D eigenvalue weighted by Crippen LogP contribution is 2.18. The number of nitrogens with two attached hydrogens (primary N) is 1. The van der Waals surface area contributed by atoms with Crippen molar-refractivity contribution in [1.29, 1.82) is 0 Å². The van der Waals surface area contributed by atoms with Gasteiger partial charge in [0.2, 0.25) is 5.91 Å². The number of carbonyl (C=O) groups excluding carboxylic acids is 1. The third-order valence-corrected chi connectivity index (χ3v) is 2.46. The molecule has 1 heterocycles. The number of carbonyl (C=O) groups is 1. The van der Waals surface area contributed by atoms with E-state index < -0.39 is 0 Å². The summed E-state index contributed by atoms with van der Waals surface area (Å²) in [4.78, 5) is 15.4. The lowest BCUT2D eigenvalue weighted by molar-refractivity contribution is -0.116. The van der Waals surface area contributed by atoms with E-state index in [2.05, 4.69) is 15.6 Å². The molecular weight excluding hydrogens is 264 g/mol. The van der Waals surface area contributed by atoms with Crippen molar-refractivity contribution in [2.75, 3.05) is 24.1 Å². The summed E-state index contributed by atoms with van der Waals surface area (Å²) >= 11 is 5.75. The van der Waals surface area contributed by atoms with Gasteiger partial charge in [-0.05, 0) is 26.3 Å². The van der Waals surface area contributed by atoms with E-state index >= 15 is 0 Å². The number of hydrogen-bond acceptors (Lipinski definition) is 4. The largest absolute Gasteiger partial charge is 0.396 e. The van der Waals surface area contributed by atoms with E-state index in [1.165, 1.54) is 6.20 Å². The normalized spacial score (nSPS) is 9.84. The van der Waals surface area contributed by atoms with Crippen LogP contribution in [0.3, 0.4) is 0 Å². The second kappa shape index (κ2) is 7.63. The molecule has 4 N–H and O–H groups in total. The molecule has 0 saturated carbocycles. The van der Waals surface area contributed by atoms with Crippen LogP contribution in [0.1, 0.15) is 20.3 Å². The van der Waals surface area contributed by atoms with Crippen molar-refractivity contribution in [3.8, 4) is 0 Å². The Morgan fingerprint density at radius 2 is 2.21 bits per heavy atom. The summed E-state index contributed by atoms with van der Waals surface area (Å²) < 4.78 is 0. The molecule has 1 amide bonds. The highest BCUT2D eigenvalue weighted by atomic mass is 35.5. The van der Waals surface area contributed by atoms with Crippen LogP contribution in [0.25, 0.3) is 0 Å². The summed E-state index contributed by atoms with van der Waals surface area (Å²) in [6.45, 7) is 5.04. The lowest BCUT2D eigenvalue weighted by Gasteiger charge is -2.08. The number of hydrogen-bond donors (Lipinski definition) is 3. The molecule has 104 valence electrons. The molecule has 0 radical (unpaired) electrons. The summed E-state index contributed by atoms with van der Waals surface area (Å²) in [5, 5.41) is 6.40. The lowest BCUT2D eigenvalue weighted by atomic mass is 10.3. The summed E-state index contributed by atoms with van der Waals surface area (Å²) in [6, 6.07) is 1.65. The molecule has 19 heavy (non-hydrogen) atoms. The van der Waals surface area contributed by atoms with Crippen LogP contribution in [0.2, 0.25) is 5.02 Å². The second-order valence-electron chi connectivity index (χ2n) is 4.38. The highest BCUT2D eigenvalue weighted by Gasteiger charge is 2.01. The molecule has 1 rings (SSSR count). The minimum absolute atomic E-state index is 0.0656. The molecule has 6 heteroatoms. The molecule has 5 nitrogen and oxygen atoms in total. The molecule has 0 saturated heterocycles. The van der Waals surface area contributed by atoms with Gasteiger partial charge in [0, 0.05) is 25.4 Å². The quantitative estimate of drug-likeness (QED) is 0.552. The first kappa shape index (κ1) is 15.3. The molecular formula is C13H19ClN4O. The Morgan fingerprint density at radius 3 is 2.84 bits per heavy atom.